The van der Waals surface area contributed by atoms with Crippen molar-refractivity contribution in [2.75, 3.05) is 6.61 Å². The molecule has 1 aliphatic carbocycles. The van der Waals surface area contributed by atoms with Gasteiger partial charge in [0.05, 0.1) is 12.5 Å². The van der Waals surface area contributed by atoms with Crippen LogP contribution in [0.1, 0.15) is 19.8 Å². The Morgan fingerprint density at radius 2 is 1.81 bits per heavy atom. The molecule has 1 saturated carbocycles. The highest BCUT2D eigenvalue weighted by Crippen LogP contribution is 2.31. The van der Waals surface area contributed by atoms with Crippen LogP contribution in [0.4, 0.5) is 0 Å². The van der Waals surface area contributed by atoms with Crippen molar-refractivity contribution in [1.82, 2.24) is 0 Å². The second-order valence-electron chi connectivity index (χ2n) is 3.46. The topological polar surface area (TPSA) is 124 Å². The van der Waals surface area contributed by atoms with Crippen LogP contribution < -0.4 is 0 Å². The highest BCUT2D eigenvalue weighted by molar-refractivity contribution is 5.73. The summed E-state index contributed by atoms with van der Waals surface area (Å²) in [5.41, 5.74) is 16.7. The van der Waals surface area contributed by atoms with Gasteiger partial charge in [-0.25, -0.2) is 0 Å². The molecule has 0 radical (unpaired) electrons. The molecule has 2 unspecified atom stereocenters. The average Bonchev–Trinajstić information content (AvgIpc) is 2.64. The Morgan fingerprint density at radius 1 is 1.31 bits per heavy atom. The van der Waals surface area contributed by atoms with Gasteiger partial charge in [-0.05, 0) is 30.8 Å². The van der Waals surface area contributed by atoms with Crippen LogP contribution in [0.5, 0.6) is 0 Å². The number of hydrogen-bond donors (Lipinski definition) is 0. The second-order valence-corrected chi connectivity index (χ2v) is 3.46. The second kappa shape index (κ2) is 5.85. The number of rotatable bonds is 4. The lowest BCUT2D eigenvalue weighted by Gasteiger charge is -2.07. The van der Waals surface area contributed by atoms with E-state index in [0.29, 0.717) is 19.4 Å². The van der Waals surface area contributed by atoms with E-state index in [2.05, 4.69) is 20.1 Å². The quantitative estimate of drug-likeness (QED) is 0.314. The monoisotopic (exact) mass is 224 g/mol. The van der Waals surface area contributed by atoms with Gasteiger partial charge in [0, 0.05) is 21.9 Å². The summed E-state index contributed by atoms with van der Waals surface area (Å²) in [6.45, 7) is 2.04. The average molecular weight is 224 g/mol. The third-order valence-corrected chi connectivity index (χ3v) is 2.52. The standard InChI is InChI=1S/C8H12N6O2/c1-2-16-8(15)5-3-6(11-13-9)7(4-5)12-14-10/h5-7H,2-4H2,1H3. The van der Waals surface area contributed by atoms with Gasteiger partial charge < -0.3 is 4.74 Å². The van der Waals surface area contributed by atoms with Crippen molar-refractivity contribution in [2.24, 2.45) is 16.1 Å². The van der Waals surface area contributed by atoms with Crippen LogP contribution in [0, 0.1) is 5.92 Å². The number of esters is 1. The summed E-state index contributed by atoms with van der Waals surface area (Å²) in [6, 6.07) is -0.898. The van der Waals surface area contributed by atoms with E-state index in [9.17, 15) is 4.79 Å². The van der Waals surface area contributed by atoms with Gasteiger partial charge in [0.15, 0.2) is 0 Å². The molecule has 86 valence electrons. The Morgan fingerprint density at radius 3 is 2.19 bits per heavy atom. The Kier molecular flexibility index (Phi) is 4.44. The molecule has 0 N–H and O–H groups in total. The molecule has 1 rings (SSSR count). The van der Waals surface area contributed by atoms with Gasteiger partial charge >= 0.3 is 5.97 Å². The van der Waals surface area contributed by atoms with Crippen LogP contribution in [0.3, 0.4) is 0 Å². The molecule has 16 heavy (non-hydrogen) atoms. The minimum atomic E-state index is -0.449. The van der Waals surface area contributed by atoms with Crippen LogP contribution >= 0.6 is 0 Å². The zero-order chi connectivity index (χ0) is 12.0. The highest BCUT2D eigenvalue weighted by Gasteiger charge is 2.37. The smallest absolute Gasteiger partial charge is 0.308 e. The normalized spacial score (nSPS) is 27.7. The maximum atomic E-state index is 11.5. The van der Waals surface area contributed by atoms with Crippen molar-refractivity contribution in [3.63, 3.8) is 0 Å². The molecule has 8 nitrogen and oxygen atoms in total. The maximum absolute atomic E-state index is 11.5. The molecule has 0 spiro atoms. The molecule has 0 aromatic rings. The summed E-state index contributed by atoms with van der Waals surface area (Å²) < 4.78 is 4.87. The van der Waals surface area contributed by atoms with Gasteiger partial charge in [-0.2, -0.15) is 0 Å². The number of nitrogens with zero attached hydrogens (tertiary/aromatic N) is 6. The fourth-order valence-corrected chi connectivity index (χ4v) is 1.83. The minimum Gasteiger partial charge on any atom is -0.466 e. The van der Waals surface area contributed by atoms with Crippen molar-refractivity contribution < 1.29 is 9.53 Å². The van der Waals surface area contributed by atoms with Crippen LogP contribution in [-0.4, -0.2) is 24.7 Å². The molecule has 2 atom stereocenters. The molecule has 0 amide bonds. The van der Waals surface area contributed by atoms with Crippen LogP contribution in [0.2, 0.25) is 0 Å². The van der Waals surface area contributed by atoms with Gasteiger partial charge in [0.2, 0.25) is 0 Å². The van der Waals surface area contributed by atoms with Crippen LogP contribution in [0.25, 0.3) is 20.9 Å². The molecular formula is C8H12N6O2. The number of azide groups is 2. The summed E-state index contributed by atoms with van der Waals surface area (Å²) in [5, 5.41) is 7.05. The third kappa shape index (κ3) is 2.79. The van der Waals surface area contributed by atoms with E-state index in [1.165, 1.54) is 0 Å². The van der Waals surface area contributed by atoms with E-state index in [1.807, 2.05) is 0 Å². The molecule has 0 heterocycles. The first kappa shape index (κ1) is 12.2. The predicted octanol–water partition coefficient (Wildman–Crippen LogP) is 2.32. The largest absolute Gasteiger partial charge is 0.466 e. The number of carbonyl (C=O) groups is 1. The van der Waals surface area contributed by atoms with Gasteiger partial charge in [-0.1, -0.05) is 10.2 Å². The van der Waals surface area contributed by atoms with E-state index in [0.717, 1.165) is 0 Å². The number of carbonyl (C=O) groups excluding carboxylic acids is 1. The van der Waals surface area contributed by atoms with Gasteiger partial charge in [0.25, 0.3) is 0 Å². The molecule has 0 aliphatic heterocycles. The van der Waals surface area contributed by atoms with E-state index >= 15 is 0 Å². The first-order valence-corrected chi connectivity index (χ1v) is 4.98. The molecule has 0 bridgehead atoms. The van der Waals surface area contributed by atoms with Crippen molar-refractivity contribution >= 4 is 5.97 Å². The summed E-state index contributed by atoms with van der Waals surface area (Å²) in [4.78, 5) is 16.8. The first-order chi connectivity index (χ1) is 7.72. The van der Waals surface area contributed by atoms with Crippen molar-refractivity contribution in [2.45, 2.75) is 31.8 Å². The van der Waals surface area contributed by atoms with Gasteiger partial charge in [-0.15, -0.1) is 0 Å². The number of hydrogen-bond acceptors (Lipinski definition) is 4. The SMILES string of the molecule is CCOC(=O)C1CC(N=[N+]=[N-])C(N=[N+]=[N-])C1. The van der Waals surface area contributed by atoms with Crippen LogP contribution in [0.15, 0.2) is 10.2 Å². The Balaban J connectivity index is 2.71. The minimum absolute atomic E-state index is 0.313. The summed E-state index contributed by atoms with van der Waals surface area (Å²) >= 11 is 0. The summed E-state index contributed by atoms with van der Waals surface area (Å²) in [5.74, 6) is -0.665. The maximum Gasteiger partial charge on any atom is 0.308 e. The lowest BCUT2D eigenvalue weighted by atomic mass is 10.1. The Labute approximate surface area is 91.8 Å². The van der Waals surface area contributed by atoms with Crippen molar-refractivity contribution in [1.29, 1.82) is 0 Å². The molecule has 0 aromatic carbocycles. The third-order valence-electron chi connectivity index (χ3n) is 2.52. The van der Waals surface area contributed by atoms with Crippen molar-refractivity contribution in [3.8, 4) is 0 Å². The zero-order valence-electron chi connectivity index (χ0n) is 8.85. The van der Waals surface area contributed by atoms with Crippen LogP contribution in [-0.2, 0) is 9.53 Å². The highest BCUT2D eigenvalue weighted by atomic mass is 16.5. The predicted molar refractivity (Wildman–Crippen MR) is 55.2 cm³/mol. The Bertz CT molecular complexity index is 332. The molecule has 0 saturated heterocycles. The first-order valence-electron chi connectivity index (χ1n) is 4.98. The van der Waals surface area contributed by atoms with E-state index < -0.39 is 12.1 Å². The van der Waals surface area contributed by atoms with Gasteiger partial charge in [-0.3, -0.25) is 4.79 Å². The van der Waals surface area contributed by atoms with E-state index in [1.54, 1.807) is 6.92 Å². The zero-order valence-corrected chi connectivity index (χ0v) is 8.85. The fraction of sp³-hybridized carbons (Fsp3) is 0.875. The molecule has 8 heteroatoms. The lowest BCUT2D eigenvalue weighted by molar-refractivity contribution is -0.147. The summed E-state index contributed by atoms with van der Waals surface area (Å²) in [6.07, 6.45) is 0.763. The van der Waals surface area contributed by atoms with Gasteiger partial charge in [0.1, 0.15) is 0 Å². The van der Waals surface area contributed by atoms with E-state index in [4.69, 9.17) is 15.8 Å². The molecule has 1 aliphatic rings. The summed E-state index contributed by atoms with van der Waals surface area (Å²) in [7, 11) is 0. The molecular weight excluding hydrogens is 212 g/mol. The molecule has 1 fully saturated rings. The van der Waals surface area contributed by atoms with Crippen molar-refractivity contribution in [3.05, 3.63) is 20.9 Å². The molecule has 0 aromatic heterocycles. The lowest BCUT2D eigenvalue weighted by Crippen LogP contribution is -2.15. The van der Waals surface area contributed by atoms with E-state index in [-0.39, 0.29) is 11.9 Å². The Hall–Kier alpha value is -1.91. The fourth-order valence-electron chi connectivity index (χ4n) is 1.83. The number of ether oxygens (including phenoxy) is 1.